The number of piperidine rings is 1. The number of ether oxygens (including phenoxy) is 1. The topological polar surface area (TPSA) is 53.5 Å². The maximum absolute atomic E-state index is 5.45. The zero-order valence-corrected chi connectivity index (χ0v) is 13.1. The van der Waals surface area contributed by atoms with Gasteiger partial charge in [0, 0.05) is 44.5 Å². The summed E-state index contributed by atoms with van der Waals surface area (Å²) < 4.78 is 5.45. The van der Waals surface area contributed by atoms with Gasteiger partial charge in [-0.25, -0.2) is 4.98 Å². The van der Waals surface area contributed by atoms with E-state index in [1.807, 2.05) is 12.3 Å². The van der Waals surface area contributed by atoms with Crippen molar-refractivity contribution in [2.24, 2.45) is 0 Å². The van der Waals surface area contributed by atoms with Crippen LogP contribution in [0, 0.1) is 0 Å². The van der Waals surface area contributed by atoms with Gasteiger partial charge in [-0.15, -0.1) is 0 Å². The van der Waals surface area contributed by atoms with E-state index in [1.54, 1.807) is 0 Å². The summed E-state index contributed by atoms with van der Waals surface area (Å²) in [5.41, 5.74) is 0. The third-order valence-electron chi connectivity index (χ3n) is 4.88. The minimum atomic E-state index is 0.634. The Balaban J connectivity index is 1.34. The Kier molecular flexibility index (Phi) is 4.12. The van der Waals surface area contributed by atoms with Gasteiger partial charge in [0.05, 0.1) is 13.2 Å². The molecular formula is C16H25N5O. The lowest BCUT2D eigenvalue weighted by molar-refractivity contribution is 0.0114. The van der Waals surface area contributed by atoms with Gasteiger partial charge in [0.1, 0.15) is 5.82 Å². The first-order valence-corrected chi connectivity index (χ1v) is 8.55. The van der Waals surface area contributed by atoms with Crippen LogP contribution in [0.4, 0.5) is 11.8 Å². The Morgan fingerprint density at radius 2 is 1.82 bits per heavy atom. The number of nitrogens with zero attached hydrogens (tertiary/aromatic N) is 4. The summed E-state index contributed by atoms with van der Waals surface area (Å²) in [6.07, 6.45) is 6.81. The number of hydrogen-bond acceptors (Lipinski definition) is 6. The summed E-state index contributed by atoms with van der Waals surface area (Å²) in [5, 5.41) is 3.46. The van der Waals surface area contributed by atoms with Crippen LogP contribution in [0.1, 0.15) is 25.7 Å². The third kappa shape index (κ3) is 3.33. The highest BCUT2D eigenvalue weighted by Crippen LogP contribution is 2.25. The average molecular weight is 303 g/mol. The molecule has 1 saturated carbocycles. The van der Waals surface area contributed by atoms with Gasteiger partial charge in [-0.1, -0.05) is 0 Å². The predicted molar refractivity (Wildman–Crippen MR) is 86.3 cm³/mol. The Bertz CT molecular complexity index is 493. The molecule has 6 nitrogen and oxygen atoms in total. The van der Waals surface area contributed by atoms with Crippen molar-refractivity contribution in [3.8, 4) is 0 Å². The second kappa shape index (κ2) is 6.38. The number of aromatic nitrogens is 2. The summed E-state index contributed by atoms with van der Waals surface area (Å²) in [5.74, 6) is 1.86. The van der Waals surface area contributed by atoms with Gasteiger partial charge in [0.2, 0.25) is 5.95 Å². The van der Waals surface area contributed by atoms with Crippen LogP contribution in [0.15, 0.2) is 12.3 Å². The van der Waals surface area contributed by atoms with E-state index >= 15 is 0 Å². The molecule has 0 spiro atoms. The summed E-state index contributed by atoms with van der Waals surface area (Å²) in [6, 6.07) is 3.31. The van der Waals surface area contributed by atoms with Gasteiger partial charge in [0.25, 0.3) is 0 Å². The van der Waals surface area contributed by atoms with Crippen LogP contribution in [0.25, 0.3) is 0 Å². The molecule has 1 aliphatic carbocycles. The monoisotopic (exact) mass is 303 g/mol. The third-order valence-corrected chi connectivity index (χ3v) is 4.88. The Morgan fingerprint density at radius 1 is 1.05 bits per heavy atom. The molecule has 22 heavy (non-hydrogen) atoms. The SMILES string of the molecule is c1cc(NC2CC2)nc(N2CCC(N3CCOCC3)CC2)n1. The van der Waals surface area contributed by atoms with Crippen molar-refractivity contribution in [1.29, 1.82) is 0 Å². The zero-order chi connectivity index (χ0) is 14.8. The molecule has 0 unspecified atom stereocenters. The van der Waals surface area contributed by atoms with Crippen LogP contribution in [0.3, 0.4) is 0 Å². The number of nitrogens with one attached hydrogen (secondary N) is 1. The summed E-state index contributed by atoms with van der Waals surface area (Å²) in [7, 11) is 0. The first-order chi connectivity index (χ1) is 10.9. The largest absolute Gasteiger partial charge is 0.379 e. The molecular weight excluding hydrogens is 278 g/mol. The number of rotatable bonds is 4. The van der Waals surface area contributed by atoms with E-state index in [0.717, 1.165) is 51.2 Å². The molecule has 0 atom stereocenters. The van der Waals surface area contributed by atoms with E-state index in [9.17, 15) is 0 Å². The standard InChI is InChI=1S/C16H25N5O/c1-2-13(1)18-15-3-6-17-16(19-15)21-7-4-14(5-8-21)20-9-11-22-12-10-20/h3,6,13-14H,1-2,4-5,7-12H2,(H,17,18,19). The summed E-state index contributed by atoms with van der Waals surface area (Å²) >= 11 is 0. The normalized spacial score (nSPS) is 24.5. The van der Waals surface area contributed by atoms with Gasteiger partial charge in [-0.3, -0.25) is 4.90 Å². The van der Waals surface area contributed by atoms with Crippen molar-refractivity contribution in [2.45, 2.75) is 37.8 Å². The fourth-order valence-corrected chi connectivity index (χ4v) is 3.39. The molecule has 3 heterocycles. The van der Waals surface area contributed by atoms with E-state index < -0.39 is 0 Å². The second-order valence-electron chi connectivity index (χ2n) is 6.53. The van der Waals surface area contributed by atoms with Gasteiger partial charge < -0.3 is 15.0 Å². The number of morpholine rings is 1. The molecule has 1 N–H and O–H groups in total. The molecule has 0 aromatic carbocycles. The van der Waals surface area contributed by atoms with Gasteiger partial charge in [0.15, 0.2) is 0 Å². The molecule has 0 bridgehead atoms. The fraction of sp³-hybridized carbons (Fsp3) is 0.750. The van der Waals surface area contributed by atoms with Crippen LogP contribution in [0.2, 0.25) is 0 Å². The molecule has 0 amide bonds. The van der Waals surface area contributed by atoms with Gasteiger partial charge in [-0.05, 0) is 31.7 Å². The quantitative estimate of drug-likeness (QED) is 0.906. The molecule has 2 saturated heterocycles. The number of hydrogen-bond donors (Lipinski definition) is 1. The molecule has 120 valence electrons. The van der Waals surface area contributed by atoms with E-state index in [2.05, 4.69) is 25.1 Å². The van der Waals surface area contributed by atoms with Crippen LogP contribution < -0.4 is 10.2 Å². The molecule has 2 aliphatic heterocycles. The Morgan fingerprint density at radius 3 is 2.55 bits per heavy atom. The molecule has 1 aromatic heterocycles. The first-order valence-electron chi connectivity index (χ1n) is 8.55. The highest BCUT2D eigenvalue weighted by atomic mass is 16.5. The lowest BCUT2D eigenvalue weighted by atomic mass is 10.0. The molecule has 4 rings (SSSR count). The first kappa shape index (κ1) is 14.2. The van der Waals surface area contributed by atoms with Crippen molar-refractivity contribution in [2.75, 3.05) is 49.6 Å². The molecule has 3 aliphatic rings. The molecule has 0 radical (unpaired) electrons. The smallest absolute Gasteiger partial charge is 0.227 e. The van der Waals surface area contributed by atoms with E-state index in [1.165, 1.54) is 25.7 Å². The minimum absolute atomic E-state index is 0.634. The second-order valence-corrected chi connectivity index (χ2v) is 6.53. The maximum atomic E-state index is 5.45. The lowest BCUT2D eigenvalue weighted by Gasteiger charge is -2.40. The maximum Gasteiger partial charge on any atom is 0.227 e. The zero-order valence-electron chi connectivity index (χ0n) is 13.1. The van der Waals surface area contributed by atoms with Gasteiger partial charge in [-0.2, -0.15) is 4.98 Å². The highest BCUT2D eigenvalue weighted by molar-refractivity contribution is 5.43. The fourth-order valence-electron chi connectivity index (χ4n) is 3.39. The Hall–Kier alpha value is -1.40. The summed E-state index contributed by atoms with van der Waals surface area (Å²) in [6.45, 7) is 6.05. The number of anilines is 2. The van der Waals surface area contributed by atoms with E-state index in [4.69, 9.17) is 4.74 Å². The average Bonchev–Trinajstić information content (AvgIpc) is 3.40. The Labute approximate surface area is 131 Å². The van der Waals surface area contributed by atoms with Crippen molar-refractivity contribution >= 4 is 11.8 Å². The van der Waals surface area contributed by atoms with Crippen LogP contribution >= 0.6 is 0 Å². The van der Waals surface area contributed by atoms with E-state index in [0.29, 0.717) is 12.1 Å². The summed E-state index contributed by atoms with van der Waals surface area (Å²) in [4.78, 5) is 14.1. The van der Waals surface area contributed by atoms with Crippen LogP contribution in [0.5, 0.6) is 0 Å². The van der Waals surface area contributed by atoms with Crippen molar-refractivity contribution in [1.82, 2.24) is 14.9 Å². The van der Waals surface area contributed by atoms with Crippen LogP contribution in [-0.4, -0.2) is 66.3 Å². The predicted octanol–water partition coefficient (Wildman–Crippen LogP) is 1.35. The van der Waals surface area contributed by atoms with Crippen molar-refractivity contribution in [3.05, 3.63) is 12.3 Å². The lowest BCUT2D eigenvalue weighted by Crippen LogP contribution is -2.49. The minimum Gasteiger partial charge on any atom is -0.379 e. The molecule has 6 heteroatoms. The van der Waals surface area contributed by atoms with Gasteiger partial charge >= 0.3 is 0 Å². The van der Waals surface area contributed by atoms with E-state index in [-0.39, 0.29) is 0 Å². The highest BCUT2D eigenvalue weighted by Gasteiger charge is 2.27. The van der Waals surface area contributed by atoms with Crippen molar-refractivity contribution in [3.63, 3.8) is 0 Å². The van der Waals surface area contributed by atoms with Crippen LogP contribution in [-0.2, 0) is 4.74 Å². The molecule has 3 fully saturated rings. The molecule has 1 aromatic rings. The van der Waals surface area contributed by atoms with Crippen molar-refractivity contribution < 1.29 is 4.74 Å².